The van der Waals surface area contributed by atoms with E-state index in [9.17, 15) is 9.59 Å². The van der Waals surface area contributed by atoms with Gasteiger partial charge in [-0.1, -0.05) is 49.7 Å². The summed E-state index contributed by atoms with van der Waals surface area (Å²) in [5, 5.41) is 2.12. The number of fused-ring (bicyclic) bond motifs is 5. The Balaban J connectivity index is 2.09. The molecule has 2 heterocycles. The van der Waals surface area contributed by atoms with Gasteiger partial charge in [-0.3, -0.25) is 4.79 Å². The molecule has 4 rings (SSSR count). The van der Waals surface area contributed by atoms with Gasteiger partial charge in [0.25, 0.3) is 5.56 Å². The number of rotatable bonds is 3. The van der Waals surface area contributed by atoms with Gasteiger partial charge >= 0.3 is 6.09 Å². The smallest absolute Gasteiger partial charge is 0.419 e. The Hall–Kier alpha value is -3.08. The Labute approximate surface area is 143 Å². The first-order valence-electron chi connectivity index (χ1n) is 8.43. The van der Waals surface area contributed by atoms with E-state index in [4.69, 9.17) is 4.74 Å². The lowest BCUT2D eigenvalue weighted by atomic mass is 10.1. The highest BCUT2D eigenvalue weighted by molar-refractivity contribution is 6.18. The second kappa shape index (κ2) is 6.09. The fourth-order valence-corrected chi connectivity index (χ4v) is 3.25. The second-order valence-corrected chi connectivity index (χ2v) is 6.04. The van der Waals surface area contributed by atoms with Crippen molar-refractivity contribution in [3.8, 4) is 0 Å². The average Bonchev–Trinajstić information content (AvgIpc) is 2.97. The molecular formula is C20H18N2O3. The lowest BCUT2D eigenvalue weighted by Crippen LogP contribution is -2.15. The molecule has 0 radical (unpaired) electrons. The van der Waals surface area contributed by atoms with E-state index in [1.54, 1.807) is 10.6 Å². The predicted molar refractivity (Wildman–Crippen MR) is 99.2 cm³/mol. The molecule has 2 aromatic heterocycles. The zero-order valence-corrected chi connectivity index (χ0v) is 13.9. The highest BCUT2D eigenvalue weighted by Crippen LogP contribution is 2.31. The standard InChI is InChI=1S/C20H18N2O3/c1-2-3-12-25-20(24)22-16-11-7-6-10-15(16)17-18(22)13-8-4-5-9-14(13)19(23)21-17/h4-11H,2-3,12H2,1H3,(H,21,23). The van der Waals surface area contributed by atoms with Crippen molar-refractivity contribution in [2.45, 2.75) is 19.8 Å². The number of pyridine rings is 1. The molecule has 1 N–H and O–H groups in total. The molecule has 0 fully saturated rings. The number of carbonyl (C=O) groups excluding carboxylic acids is 1. The van der Waals surface area contributed by atoms with Gasteiger partial charge in [-0.25, -0.2) is 9.36 Å². The van der Waals surface area contributed by atoms with Crippen molar-refractivity contribution in [1.29, 1.82) is 0 Å². The van der Waals surface area contributed by atoms with E-state index in [0.717, 1.165) is 29.1 Å². The maximum atomic E-state index is 12.8. The Morgan fingerprint density at radius 2 is 1.72 bits per heavy atom. The molecule has 0 atom stereocenters. The van der Waals surface area contributed by atoms with Crippen molar-refractivity contribution >= 4 is 38.8 Å². The van der Waals surface area contributed by atoms with Crippen LogP contribution in [-0.4, -0.2) is 22.3 Å². The van der Waals surface area contributed by atoms with Crippen molar-refractivity contribution in [2.75, 3.05) is 6.61 Å². The third-order valence-corrected chi connectivity index (χ3v) is 4.45. The number of aromatic amines is 1. The molecule has 0 bridgehead atoms. The summed E-state index contributed by atoms with van der Waals surface area (Å²) < 4.78 is 7.02. The molecule has 0 aliphatic rings. The SMILES string of the molecule is CCCCOC(=O)n1c2ccccc2c2[nH]c(=O)c3ccccc3c21. The van der Waals surface area contributed by atoms with Gasteiger partial charge in [-0.05, 0) is 18.6 Å². The largest absolute Gasteiger partial charge is 0.449 e. The lowest BCUT2D eigenvalue weighted by Gasteiger charge is -2.08. The minimum Gasteiger partial charge on any atom is -0.449 e. The molecule has 126 valence electrons. The van der Waals surface area contributed by atoms with Crippen LogP contribution in [0.5, 0.6) is 0 Å². The normalized spacial score (nSPS) is 11.4. The number of para-hydroxylation sites is 1. The number of aromatic nitrogens is 2. The van der Waals surface area contributed by atoms with Gasteiger partial charge in [0, 0.05) is 16.2 Å². The third-order valence-electron chi connectivity index (χ3n) is 4.45. The number of unbranched alkanes of at least 4 members (excludes halogenated alkanes) is 1. The Morgan fingerprint density at radius 1 is 1.04 bits per heavy atom. The molecule has 2 aromatic carbocycles. The summed E-state index contributed by atoms with van der Waals surface area (Å²) in [6.07, 6.45) is 1.36. The molecular weight excluding hydrogens is 316 g/mol. The van der Waals surface area contributed by atoms with Gasteiger partial charge in [0.1, 0.15) is 0 Å². The molecule has 5 nitrogen and oxygen atoms in total. The predicted octanol–water partition coefficient (Wildman–Crippen LogP) is 4.42. The minimum absolute atomic E-state index is 0.162. The van der Waals surface area contributed by atoms with E-state index in [2.05, 4.69) is 4.98 Å². The monoisotopic (exact) mass is 334 g/mol. The molecule has 0 aliphatic heterocycles. The zero-order valence-electron chi connectivity index (χ0n) is 13.9. The number of hydrogen-bond acceptors (Lipinski definition) is 3. The third kappa shape index (κ3) is 2.39. The topological polar surface area (TPSA) is 64.1 Å². The summed E-state index contributed by atoms with van der Waals surface area (Å²) in [5.41, 5.74) is 1.90. The van der Waals surface area contributed by atoms with Crippen LogP contribution in [0.2, 0.25) is 0 Å². The van der Waals surface area contributed by atoms with E-state index in [-0.39, 0.29) is 5.56 Å². The highest BCUT2D eigenvalue weighted by Gasteiger charge is 2.20. The number of carbonyl (C=O) groups is 1. The van der Waals surface area contributed by atoms with Crippen LogP contribution in [0, 0.1) is 0 Å². The zero-order chi connectivity index (χ0) is 17.4. The summed E-state index contributed by atoms with van der Waals surface area (Å²) >= 11 is 0. The Morgan fingerprint density at radius 3 is 2.48 bits per heavy atom. The highest BCUT2D eigenvalue weighted by atomic mass is 16.5. The van der Waals surface area contributed by atoms with Gasteiger partial charge in [0.05, 0.1) is 23.2 Å². The van der Waals surface area contributed by atoms with Crippen molar-refractivity contribution < 1.29 is 9.53 Å². The summed E-state index contributed by atoms with van der Waals surface area (Å²) in [6.45, 7) is 2.43. The van der Waals surface area contributed by atoms with Crippen LogP contribution < -0.4 is 5.56 Å². The van der Waals surface area contributed by atoms with Crippen molar-refractivity contribution in [3.63, 3.8) is 0 Å². The van der Waals surface area contributed by atoms with Gasteiger partial charge in [-0.2, -0.15) is 0 Å². The van der Waals surface area contributed by atoms with Crippen LogP contribution in [0.15, 0.2) is 53.3 Å². The fourth-order valence-electron chi connectivity index (χ4n) is 3.25. The molecule has 5 heteroatoms. The first-order valence-corrected chi connectivity index (χ1v) is 8.43. The van der Waals surface area contributed by atoms with Crippen LogP contribution in [0.4, 0.5) is 4.79 Å². The van der Waals surface area contributed by atoms with Gasteiger partial charge < -0.3 is 9.72 Å². The maximum absolute atomic E-state index is 12.8. The Kier molecular flexibility index (Phi) is 3.76. The van der Waals surface area contributed by atoms with Gasteiger partial charge in [-0.15, -0.1) is 0 Å². The quantitative estimate of drug-likeness (QED) is 0.564. The lowest BCUT2D eigenvalue weighted by molar-refractivity contribution is 0.148. The molecule has 4 aromatic rings. The van der Waals surface area contributed by atoms with E-state index >= 15 is 0 Å². The number of nitrogens with one attached hydrogen (secondary N) is 1. The summed E-state index contributed by atoms with van der Waals surface area (Å²) in [4.78, 5) is 28.2. The van der Waals surface area contributed by atoms with Crippen LogP contribution >= 0.6 is 0 Å². The number of hydrogen-bond donors (Lipinski definition) is 1. The van der Waals surface area contributed by atoms with Crippen LogP contribution in [0.3, 0.4) is 0 Å². The van der Waals surface area contributed by atoms with Gasteiger partial charge in [0.15, 0.2) is 0 Å². The summed E-state index contributed by atoms with van der Waals surface area (Å²) in [7, 11) is 0. The van der Waals surface area contributed by atoms with E-state index < -0.39 is 6.09 Å². The number of H-pyrrole nitrogens is 1. The number of benzene rings is 2. The van der Waals surface area contributed by atoms with E-state index in [0.29, 0.717) is 23.0 Å². The van der Waals surface area contributed by atoms with Crippen LogP contribution in [0.1, 0.15) is 19.8 Å². The molecule has 0 saturated carbocycles. The second-order valence-electron chi connectivity index (χ2n) is 6.04. The summed E-state index contributed by atoms with van der Waals surface area (Å²) in [6, 6.07) is 14.8. The number of nitrogens with zero attached hydrogens (tertiary/aromatic N) is 1. The fraction of sp³-hybridized carbons (Fsp3) is 0.200. The van der Waals surface area contributed by atoms with Crippen LogP contribution in [0.25, 0.3) is 32.7 Å². The molecule has 25 heavy (non-hydrogen) atoms. The molecule has 0 spiro atoms. The van der Waals surface area contributed by atoms with Gasteiger partial charge in [0.2, 0.25) is 0 Å². The van der Waals surface area contributed by atoms with Crippen molar-refractivity contribution in [3.05, 3.63) is 58.9 Å². The van der Waals surface area contributed by atoms with Crippen molar-refractivity contribution in [2.24, 2.45) is 0 Å². The van der Waals surface area contributed by atoms with E-state index in [1.165, 1.54) is 0 Å². The first kappa shape index (κ1) is 15.4. The maximum Gasteiger partial charge on any atom is 0.419 e. The Bertz CT molecular complexity index is 1150. The van der Waals surface area contributed by atoms with E-state index in [1.807, 2.05) is 49.4 Å². The minimum atomic E-state index is -0.420. The molecule has 0 saturated heterocycles. The number of ether oxygens (including phenoxy) is 1. The molecule has 0 amide bonds. The first-order chi connectivity index (χ1) is 12.2. The van der Waals surface area contributed by atoms with Crippen molar-refractivity contribution in [1.82, 2.24) is 9.55 Å². The molecule has 0 unspecified atom stereocenters. The average molecular weight is 334 g/mol. The summed E-state index contributed by atoms with van der Waals surface area (Å²) in [5.74, 6) is 0. The molecule has 0 aliphatic carbocycles. The van der Waals surface area contributed by atoms with Crippen LogP contribution in [-0.2, 0) is 4.74 Å².